The quantitative estimate of drug-likeness (QED) is 0.154. The van der Waals surface area contributed by atoms with Crippen LogP contribution in [0.2, 0.25) is 0 Å². The number of benzene rings is 15. The zero-order valence-corrected chi connectivity index (χ0v) is 55.0. The number of fused-ring (bicyclic) bond motifs is 29. The number of nitrogens with zero attached hydrogens (tertiary/aromatic N) is 3. The first kappa shape index (κ1) is 55.5. The van der Waals surface area contributed by atoms with Gasteiger partial charge in [0, 0.05) is 53.5 Å². The molecule has 3 heterocycles. The SMILES string of the molecule is CCN1c2ccccc2C2(c3ccccc3-c3c(-c4c5cccc(-c6cccc7c6N(CC)c6ccccc6C76c7ccccc7-c7ccccc76)c5cc5c(-c6cccc7c6N(CC)c6ccccc6C76c7ccccc7-c7ccccc76)cccc45)cccc32)c2ccccc21. The van der Waals surface area contributed by atoms with Crippen molar-refractivity contribution < 1.29 is 0 Å². The van der Waals surface area contributed by atoms with Gasteiger partial charge >= 0.3 is 0 Å². The minimum atomic E-state index is -0.593. The summed E-state index contributed by atoms with van der Waals surface area (Å²) in [5.41, 5.74) is 36.8. The molecular weight excluding hydrogens is 1180 g/mol. The molecule has 98 heavy (non-hydrogen) atoms. The van der Waals surface area contributed by atoms with Crippen LogP contribution in [0.25, 0.3) is 88.3 Å². The highest BCUT2D eigenvalue weighted by atomic mass is 15.2. The van der Waals surface area contributed by atoms with Crippen molar-refractivity contribution in [3.63, 3.8) is 0 Å². The van der Waals surface area contributed by atoms with Gasteiger partial charge in [-0.2, -0.15) is 0 Å². The van der Waals surface area contributed by atoms with E-state index in [2.05, 4.69) is 351 Å². The molecule has 3 aliphatic heterocycles. The molecule has 462 valence electrons. The lowest BCUT2D eigenvalue weighted by Gasteiger charge is -2.45. The van der Waals surface area contributed by atoms with Gasteiger partial charge in [0.25, 0.3) is 0 Å². The number of anilines is 6. The molecule has 15 aromatic carbocycles. The van der Waals surface area contributed by atoms with Gasteiger partial charge in [0.15, 0.2) is 0 Å². The monoisotopic (exact) mass is 1250 g/mol. The Hall–Kier alpha value is -11.8. The Morgan fingerprint density at radius 1 is 0.194 bits per heavy atom. The van der Waals surface area contributed by atoms with Crippen molar-refractivity contribution in [1.82, 2.24) is 0 Å². The largest absolute Gasteiger partial charge is 0.341 e. The molecular formula is C95H67N3. The molecule has 0 unspecified atom stereocenters. The molecule has 3 aliphatic carbocycles. The van der Waals surface area contributed by atoms with Crippen molar-refractivity contribution in [3.8, 4) is 66.8 Å². The van der Waals surface area contributed by atoms with Crippen molar-refractivity contribution >= 4 is 55.7 Å². The van der Waals surface area contributed by atoms with Crippen molar-refractivity contribution in [2.45, 2.75) is 37.0 Å². The molecule has 3 nitrogen and oxygen atoms in total. The molecule has 0 saturated heterocycles. The minimum absolute atomic E-state index is 0.567. The Labute approximate surface area is 572 Å². The first-order valence-electron chi connectivity index (χ1n) is 35.2. The zero-order valence-electron chi connectivity index (χ0n) is 55.0. The fraction of sp³-hybridized carbons (Fsp3) is 0.0947. The molecule has 21 rings (SSSR count). The smallest absolute Gasteiger partial charge is 0.0754 e. The number of rotatable bonds is 6. The highest BCUT2D eigenvalue weighted by Gasteiger charge is 2.55. The van der Waals surface area contributed by atoms with Crippen molar-refractivity contribution in [3.05, 3.63) is 382 Å². The summed E-state index contributed by atoms with van der Waals surface area (Å²) in [5.74, 6) is 0. The van der Waals surface area contributed by atoms with Gasteiger partial charge in [-0.15, -0.1) is 0 Å². The second-order valence-corrected chi connectivity index (χ2v) is 27.5. The Bertz CT molecular complexity index is 5570. The van der Waals surface area contributed by atoms with Crippen LogP contribution >= 0.6 is 0 Å². The van der Waals surface area contributed by atoms with Gasteiger partial charge in [-0.05, 0) is 195 Å². The van der Waals surface area contributed by atoms with Gasteiger partial charge in [0.05, 0.1) is 27.6 Å². The normalized spacial score (nSPS) is 15.0. The Morgan fingerprint density at radius 2 is 0.459 bits per heavy atom. The number of hydrogen-bond donors (Lipinski definition) is 0. The fourth-order valence-electron chi connectivity index (χ4n) is 20.3. The lowest BCUT2D eigenvalue weighted by molar-refractivity contribution is 0.739. The summed E-state index contributed by atoms with van der Waals surface area (Å²) in [4.78, 5) is 7.79. The van der Waals surface area contributed by atoms with Gasteiger partial charge in [0.1, 0.15) is 0 Å². The molecule has 6 aliphatic rings. The van der Waals surface area contributed by atoms with E-state index in [0.29, 0.717) is 0 Å². The van der Waals surface area contributed by atoms with Crippen molar-refractivity contribution in [2.75, 3.05) is 34.3 Å². The summed E-state index contributed by atoms with van der Waals surface area (Å²) in [6.45, 7) is 9.39. The van der Waals surface area contributed by atoms with Crippen LogP contribution in [0.4, 0.5) is 34.1 Å². The van der Waals surface area contributed by atoms with Crippen LogP contribution < -0.4 is 14.7 Å². The highest BCUT2D eigenvalue weighted by Crippen LogP contribution is 2.68. The molecule has 0 radical (unpaired) electrons. The van der Waals surface area contributed by atoms with Crippen LogP contribution in [0.1, 0.15) is 87.5 Å². The molecule has 0 aromatic heterocycles. The maximum Gasteiger partial charge on any atom is 0.0754 e. The first-order chi connectivity index (χ1) is 48.6. The maximum atomic E-state index is 2.63. The summed E-state index contributed by atoms with van der Waals surface area (Å²) in [6.07, 6.45) is 0. The number of hydrogen-bond acceptors (Lipinski definition) is 3. The molecule has 0 N–H and O–H groups in total. The van der Waals surface area contributed by atoms with Gasteiger partial charge < -0.3 is 14.7 Å². The molecule has 3 heteroatoms. The van der Waals surface area contributed by atoms with E-state index in [0.717, 1.165) is 19.6 Å². The van der Waals surface area contributed by atoms with Crippen LogP contribution in [0, 0.1) is 0 Å². The lowest BCUT2D eigenvalue weighted by atomic mass is 9.64. The summed E-state index contributed by atoms with van der Waals surface area (Å²) in [7, 11) is 0. The van der Waals surface area contributed by atoms with Crippen LogP contribution in [-0.2, 0) is 16.2 Å². The van der Waals surface area contributed by atoms with Crippen LogP contribution in [-0.4, -0.2) is 19.6 Å². The van der Waals surface area contributed by atoms with E-state index in [1.165, 1.54) is 189 Å². The van der Waals surface area contributed by atoms with Gasteiger partial charge in [-0.1, -0.05) is 285 Å². The van der Waals surface area contributed by atoms with E-state index in [9.17, 15) is 0 Å². The van der Waals surface area contributed by atoms with Gasteiger partial charge in [-0.25, -0.2) is 0 Å². The first-order valence-corrected chi connectivity index (χ1v) is 35.2. The summed E-state index contributed by atoms with van der Waals surface area (Å²) in [6, 6.07) is 122. The van der Waals surface area contributed by atoms with Crippen molar-refractivity contribution in [1.29, 1.82) is 0 Å². The second-order valence-electron chi connectivity index (χ2n) is 27.5. The molecule has 0 amide bonds. The van der Waals surface area contributed by atoms with Crippen LogP contribution in [0.15, 0.2) is 315 Å². The molecule has 0 saturated carbocycles. The highest BCUT2D eigenvalue weighted by molar-refractivity contribution is 6.22. The lowest BCUT2D eigenvalue weighted by Crippen LogP contribution is -2.38. The third-order valence-corrected chi connectivity index (χ3v) is 23.6. The predicted molar refractivity (Wildman–Crippen MR) is 408 cm³/mol. The predicted octanol–water partition coefficient (Wildman–Crippen LogP) is 23.5. The van der Waals surface area contributed by atoms with Crippen LogP contribution in [0.5, 0.6) is 0 Å². The van der Waals surface area contributed by atoms with E-state index >= 15 is 0 Å². The van der Waals surface area contributed by atoms with E-state index in [4.69, 9.17) is 0 Å². The van der Waals surface area contributed by atoms with Gasteiger partial charge in [0.2, 0.25) is 0 Å². The molecule has 0 atom stereocenters. The molecule has 15 aromatic rings. The Balaban J connectivity index is 0.899. The summed E-state index contributed by atoms with van der Waals surface area (Å²) >= 11 is 0. The number of para-hydroxylation sites is 6. The Morgan fingerprint density at radius 3 is 0.847 bits per heavy atom. The maximum absolute atomic E-state index is 2.63. The van der Waals surface area contributed by atoms with Crippen molar-refractivity contribution in [2.24, 2.45) is 0 Å². The molecule has 0 bridgehead atoms. The van der Waals surface area contributed by atoms with E-state index < -0.39 is 16.2 Å². The summed E-state index contributed by atoms with van der Waals surface area (Å²) in [5, 5.41) is 4.88. The minimum Gasteiger partial charge on any atom is -0.341 e. The average molecular weight is 1250 g/mol. The fourth-order valence-corrected chi connectivity index (χ4v) is 20.3. The zero-order chi connectivity index (χ0) is 64.8. The summed E-state index contributed by atoms with van der Waals surface area (Å²) < 4.78 is 0. The Kier molecular flexibility index (Phi) is 11.5. The van der Waals surface area contributed by atoms with E-state index in [1.807, 2.05) is 0 Å². The average Bonchev–Trinajstić information content (AvgIpc) is 1.48. The van der Waals surface area contributed by atoms with E-state index in [-0.39, 0.29) is 0 Å². The third kappa shape index (κ3) is 6.69. The second kappa shape index (κ2) is 20.4. The molecule has 0 fully saturated rings. The van der Waals surface area contributed by atoms with Gasteiger partial charge in [-0.3, -0.25) is 0 Å². The van der Waals surface area contributed by atoms with Crippen LogP contribution in [0.3, 0.4) is 0 Å². The topological polar surface area (TPSA) is 9.72 Å². The third-order valence-electron chi connectivity index (χ3n) is 23.6. The molecule has 3 spiro atoms. The van der Waals surface area contributed by atoms with E-state index in [1.54, 1.807) is 0 Å². The standard InChI is InChI=1S/C95H67N3/c1-4-96-85-54-21-17-47-78(85)95(79-48-18-22-55-86(79)96)77-46-16-11-34-69(77)90-70(41-29-51-82(90)95)89-65-37-25-35-59(67-39-27-52-83-91(67)97(5-2)87-56-23-19-49-80(87)93(83)73-42-12-7-30-61(73)62-31-8-13-43-74(62)93)71(65)58-72-60(36-26-38-66(72)89)68-40-28-53-84-92(68)98(6-3)88-57-24-20-50-81(88)94(84)75-44-14-9-32-63(75)64-33-10-15-45-76(64)94/h7-58H,4-6H2,1-3H3.